The molecule has 7 heteroatoms. The molecule has 3 rings (SSSR count). The van der Waals surface area contributed by atoms with Crippen molar-refractivity contribution in [2.45, 2.75) is 37.5 Å². The number of carbonyl (C=O) groups is 1. The van der Waals surface area contributed by atoms with E-state index < -0.39 is 15.8 Å². The van der Waals surface area contributed by atoms with Crippen molar-refractivity contribution in [2.24, 2.45) is 5.92 Å². The molecule has 5 nitrogen and oxygen atoms in total. The number of benzene rings is 2. The first-order chi connectivity index (χ1) is 13.3. The minimum absolute atomic E-state index is 0.0557. The van der Waals surface area contributed by atoms with Crippen LogP contribution in [-0.4, -0.2) is 31.8 Å². The van der Waals surface area contributed by atoms with Crippen LogP contribution in [0.1, 0.15) is 38.2 Å². The summed E-state index contributed by atoms with van der Waals surface area (Å²) in [6.45, 7) is 4.64. The third kappa shape index (κ3) is 4.59. The van der Waals surface area contributed by atoms with Crippen molar-refractivity contribution in [3.8, 4) is 5.75 Å². The van der Waals surface area contributed by atoms with E-state index in [1.807, 2.05) is 12.1 Å². The topological polar surface area (TPSA) is 63.7 Å². The molecule has 150 valence electrons. The van der Waals surface area contributed by atoms with Gasteiger partial charge in [0.25, 0.3) is 0 Å². The quantitative estimate of drug-likeness (QED) is 0.558. The van der Waals surface area contributed by atoms with E-state index in [1.54, 1.807) is 12.1 Å². The minimum atomic E-state index is -3.69. The van der Waals surface area contributed by atoms with E-state index in [9.17, 15) is 17.6 Å². The highest BCUT2D eigenvalue weighted by atomic mass is 32.2. The standard InChI is InChI=1S/C21H24FNO4S/c1-15(2)16-3-7-19(8-4-16)27-21(24)17-11-13-23(14-12-17)28(25,26)20-9-5-18(22)6-10-20/h3-10,15,17H,11-14H2,1-2H3. The summed E-state index contributed by atoms with van der Waals surface area (Å²) in [5.41, 5.74) is 1.17. The zero-order valence-electron chi connectivity index (χ0n) is 16.0. The Bertz CT molecular complexity index is 916. The van der Waals surface area contributed by atoms with Crippen LogP contribution in [0, 0.1) is 11.7 Å². The molecular formula is C21H24FNO4S. The number of rotatable bonds is 5. The third-order valence-electron chi connectivity index (χ3n) is 5.00. The van der Waals surface area contributed by atoms with Gasteiger partial charge in [-0.2, -0.15) is 4.31 Å². The van der Waals surface area contributed by atoms with Gasteiger partial charge < -0.3 is 4.74 Å². The third-order valence-corrected chi connectivity index (χ3v) is 6.92. The van der Waals surface area contributed by atoms with Gasteiger partial charge >= 0.3 is 5.97 Å². The summed E-state index contributed by atoms with van der Waals surface area (Å²) in [6, 6.07) is 12.2. The van der Waals surface area contributed by atoms with Crippen LogP contribution in [0.3, 0.4) is 0 Å². The van der Waals surface area contributed by atoms with Gasteiger partial charge in [-0.3, -0.25) is 4.79 Å². The fraction of sp³-hybridized carbons (Fsp3) is 0.381. The summed E-state index contributed by atoms with van der Waals surface area (Å²) >= 11 is 0. The summed E-state index contributed by atoms with van der Waals surface area (Å²) in [5, 5.41) is 0. The molecule has 0 radical (unpaired) electrons. The van der Waals surface area contributed by atoms with Crippen molar-refractivity contribution in [1.82, 2.24) is 4.31 Å². The Balaban J connectivity index is 1.58. The number of hydrogen-bond donors (Lipinski definition) is 0. The molecule has 0 unspecified atom stereocenters. The van der Waals surface area contributed by atoms with E-state index in [2.05, 4.69) is 13.8 Å². The lowest BCUT2D eigenvalue weighted by Crippen LogP contribution is -2.41. The van der Waals surface area contributed by atoms with Crippen molar-refractivity contribution in [1.29, 1.82) is 0 Å². The maximum atomic E-state index is 13.0. The van der Waals surface area contributed by atoms with Gasteiger partial charge in [0.15, 0.2) is 0 Å². The predicted molar refractivity (Wildman–Crippen MR) is 104 cm³/mol. The summed E-state index contributed by atoms with van der Waals surface area (Å²) in [4.78, 5) is 12.5. The number of sulfonamides is 1. The highest BCUT2D eigenvalue weighted by molar-refractivity contribution is 7.89. The molecule has 0 amide bonds. The molecule has 0 N–H and O–H groups in total. The van der Waals surface area contributed by atoms with Crippen LogP contribution >= 0.6 is 0 Å². The first kappa shape index (κ1) is 20.5. The minimum Gasteiger partial charge on any atom is -0.426 e. The summed E-state index contributed by atoms with van der Waals surface area (Å²) < 4.78 is 45.1. The van der Waals surface area contributed by atoms with Gasteiger partial charge in [-0.1, -0.05) is 26.0 Å². The van der Waals surface area contributed by atoms with Crippen LogP contribution in [-0.2, 0) is 14.8 Å². The number of hydrogen-bond acceptors (Lipinski definition) is 4. The number of halogens is 1. The van der Waals surface area contributed by atoms with Crippen molar-refractivity contribution in [2.75, 3.05) is 13.1 Å². The zero-order chi connectivity index (χ0) is 20.3. The van der Waals surface area contributed by atoms with Gasteiger partial charge in [0.05, 0.1) is 10.8 Å². The van der Waals surface area contributed by atoms with E-state index >= 15 is 0 Å². The van der Waals surface area contributed by atoms with Crippen LogP contribution in [0.2, 0.25) is 0 Å². The normalized spacial score (nSPS) is 16.3. The largest absolute Gasteiger partial charge is 0.426 e. The maximum absolute atomic E-state index is 13.0. The van der Waals surface area contributed by atoms with E-state index in [0.29, 0.717) is 24.5 Å². The monoisotopic (exact) mass is 405 g/mol. The maximum Gasteiger partial charge on any atom is 0.314 e. The van der Waals surface area contributed by atoms with E-state index in [1.165, 1.54) is 22.0 Å². The molecule has 0 bridgehead atoms. The van der Waals surface area contributed by atoms with Crippen molar-refractivity contribution in [3.63, 3.8) is 0 Å². The number of ether oxygens (including phenoxy) is 1. The van der Waals surface area contributed by atoms with E-state index in [0.717, 1.165) is 12.1 Å². The average Bonchev–Trinajstić information content (AvgIpc) is 2.69. The highest BCUT2D eigenvalue weighted by Gasteiger charge is 2.33. The Morgan fingerprint density at radius 2 is 1.61 bits per heavy atom. The molecule has 2 aromatic carbocycles. The molecule has 1 heterocycles. The number of esters is 1. The Morgan fingerprint density at radius 1 is 1.04 bits per heavy atom. The highest BCUT2D eigenvalue weighted by Crippen LogP contribution is 2.26. The molecule has 2 aromatic rings. The van der Waals surface area contributed by atoms with Crippen LogP contribution < -0.4 is 4.74 Å². The lowest BCUT2D eigenvalue weighted by molar-refractivity contribution is -0.140. The summed E-state index contributed by atoms with van der Waals surface area (Å²) in [5.74, 6) is -0.268. The van der Waals surface area contributed by atoms with Gasteiger partial charge in [-0.15, -0.1) is 0 Å². The molecule has 0 aromatic heterocycles. The van der Waals surface area contributed by atoms with Gasteiger partial charge in [0.2, 0.25) is 10.0 Å². The van der Waals surface area contributed by atoms with Crippen LogP contribution in [0.25, 0.3) is 0 Å². The SMILES string of the molecule is CC(C)c1ccc(OC(=O)C2CCN(S(=O)(=O)c3ccc(F)cc3)CC2)cc1. The second-order valence-corrected chi connectivity index (χ2v) is 9.22. The second kappa shape index (κ2) is 8.41. The van der Waals surface area contributed by atoms with Crippen molar-refractivity contribution >= 4 is 16.0 Å². The lowest BCUT2D eigenvalue weighted by atomic mass is 9.98. The molecule has 1 aliphatic rings. The Hall–Kier alpha value is -2.25. The van der Waals surface area contributed by atoms with Gasteiger partial charge in [0, 0.05) is 13.1 Å². The molecule has 0 aliphatic carbocycles. The van der Waals surface area contributed by atoms with Gasteiger partial charge in [-0.05, 0) is 60.7 Å². The molecule has 1 aliphatic heterocycles. The smallest absolute Gasteiger partial charge is 0.314 e. The second-order valence-electron chi connectivity index (χ2n) is 7.28. The lowest BCUT2D eigenvalue weighted by Gasteiger charge is -2.30. The van der Waals surface area contributed by atoms with E-state index in [-0.39, 0.29) is 29.9 Å². The van der Waals surface area contributed by atoms with E-state index in [4.69, 9.17) is 4.74 Å². The fourth-order valence-corrected chi connectivity index (χ4v) is 4.68. The molecule has 0 saturated carbocycles. The molecule has 0 spiro atoms. The first-order valence-corrected chi connectivity index (χ1v) is 10.8. The van der Waals surface area contributed by atoms with Crippen LogP contribution in [0.15, 0.2) is 53.4 Å². The van der Waals surface area contributed by atoms with Crippen LogP contribution in [0.4, 0.5) is 4.39 Å². The summed E-state index contributed by atoms with van der Waals surface area (Å²) in [6.07, 6.45) is 0.784. The fourth-order valence-electron chi connectivity index (χ4n) is 3.21. The molecule has 0 atom stereocenters. The average molecular weight is 405 g/mol. The summed E-state index contributed by atoms with van der Waals surface area (Å²) in [7, 11) is -3.69. The molecule has 28 heavy (non-hydrogen) atoms. The molecule has 1 fully saturated rings. The first-order valence-electron chi connectivity index (χ1n) is 9.35. The Morgan fingerprint density at radius 3 is 2.14 bits per heavy atom. The zero-order valence-corrected chi connectivity index (χ0v) is 16.8. The molecular weight excluding hydrogens is 381 g/mol. The predicted octanol–water partition coefficient (Wildman–Crippen LogP) is 3.96. The molecule has 1 saturated heterocycles. The van der Waals surface area contributed by atoms with Crippen molar-refractivity contribution in [3.05, 3.63) is 59.9 Å². The number of carbonyl (C=O) groups excluding carboxylic acids is 1. The number of piperidine rings is 1. The Labute approximate surface area is 165 Å². The van der Waals surface area contributed by atoms with Crippen LogP contribution in [0.5, 0.6) is 5.75 Å². The van der Waals surface area contributed by atoms with Gasteiger partial charge in [-0.25, -0.2) is 12.8 Å². The Kier molecular flexibility index (Phi) is 6.15. The number of nitrogens with zero attached hydrogens (tertiary/aromatic N) is 1. The van der Waals surface area contributed by atoms with Crippen molar-refractivity contribution < 1.29 is 22.3 Å². The van der Waals surface area contributed by atoms with Gasteiger partial charge in [0.1, 0.15) is 11.6 Å².